The van der Waals surface area contributed by atoms with Crippen LogP contribution in [-0.2, 0) is 16.1 Å². The monoisotopic (exact) mass is 336 g/mol. The number of hydrogen-bond donors (Lipinski definition) is 0. The summed E-state index contributed by atoms with van der Waals surface area (Å²) in [5.41, 5.74) is 2.84. The van der Waals surface area contributed by atoms with Crippen molar-refractivity contribution in [3.63, 3.8) is 0 Å². The zero-order valence-electron chi connectivity index (χ0n) is 14.1. The molecule has 0 saturated carbocycles. The quantitative estimate of drug-likeness (QED) is 0.618. The molecule has 0 atom stereocenters. The van der Waals surface area contributed by atoms with Gasteiger partial charge in [-0.05, 0) is 37.3 Å². The van der Waals surface area contributed by atoms with Crippen LogP contribution in [0.4, 0.5) is 0 Å². The van der Waals surface area contributed by atoms with E-state index in [1.165, 1.54) is 5.56 Å². The largest absolute Gasteiger partial charge is 0.493 e. The number of esters is 1. The number of carbonyl (C=O) groups excluding carboxylic acids is 1. The summed E-state index contributed by atoms with van der Waals surface area (Å²) in [5.74, 6) is 0.446. The number of aromatic nitrogens is 2. The fourth-order valence-corrected chi connectivity index (χ4v) is 2.28. The van der Waals surface area contributed by atoms with Crippen LogP contribution in [0.25, 0.3) is 5.69 Å². The van der Waals surface area contributed by atoms with Crippen molar-refractivity contribution in [2.45, 2.75) is 20.0 Å². The molecule has 3 aromatic rings. The minimum atomic E-state index is -0.304. The minimum absolute atomic E-state index is 0.156. The fraction of sp³-hybridized carbons (Fsp3) is 0.200. The molecular weight excluding hydrogens is 316 g/mol. The van der Waals surface area contributed by atoms with Crippen LogP contribution in [0.15, 0.2) is 66.9 Å². The predicted octanol–water partition coefficient (Wildman–Crippen LogP) is 3.69. The standard InChI is InChI=1S/C20H20N2O3/c1-16-7-9-19(10-8-16)24-14-12-20(23)25-15-17-11-13-22(21-17)18-5-3-2-4-6-18/h2-11,13H,12,14-15H2,1H3. The lowest BCUT2D eigenvalue weighted by molar-refractivity contribution is -0.145. The van der Waals surface area contributed by atoms with Gasteiger partial charge in [-0.15, -0.1) is 0 Å². The number of benzene rings is 2. The molecule has 1 aromatic heterocycles. The number of nitrogens with zero attached hydrogens (tertiary/aromatic N) is 2. The summed E-state index contributed by atoms with van der Waals surface area (Å²) < 4.78 is 12.5. The molecule has 0 fully saturated rings. The van der Waals surface area contributed by atoms with E-state index in [1.807, 2.05) is 73.8 Å². The molecule has 5 heteroatoms. The zero-order chi connectivity index (χ0) is 17.5. The Kier molecular flexibility index (Phi) is 5.46. The van der Waals surface area contributed by atoms with E-state index in [1.54, 1.807) is 4.68 Å². The van der Waals surface area contributed by atoms with Crippen LogP contribution < -0.4 is 4.74 Å². The second kappa shape index (κ2) is 8.15. The third-order valence-corrected chi connectivity index (χ3v) is 3.64. The molecule has 0 saturated heterocycles. The molecule has 1 heterocycles. The molecule has 2 aromatic carbocycles. The maximum Gasteiger partial charge on any atom is 0.309 e. The van der Waals surface area contributed by atoms with Crippen LogP contribution in [0.2, 0.25) is 0 Å². The molecule has 5 nitrogen and oxygen atoms in total. The van der Waals surface area contributed by atoms with Crippen molar-refractivity contribution in [3.05, 3.63) is 78.1 Å². The first kappa shape index (κ1) is 16.8. The maximum atomic E-state index is 11.8. The minimum Gasteiger partial charge on any atom is -0.493 e. The number of hydrogen-bond acceptors (Lipinski definition) is 4. The van der Waals surface area contributed by atoms with Gasteiger partial charge in [0.15, 0.2) is 0 Å². The topological polar surface area (TPSA) is 53.4 Å². The first-order chi connectivity index (χ1) is 12.2. The van der Waals surface area contributed by atoms with Gasteiger partial charge in [-0.2, -0.15) is 5.10 Å². The number of para-hydroxylation sites is 1. The van der Waals surface area contributed by atoms with E-state index in [9.17, 15) is 4.79 Å². The molecule has 3 rings (SSSR count). The summed E-state index contributed by atoms with van der Waals surface area (Å²) in [6.07, 6.45) is 2.05. The molecular formula is C20H20N2O3. The summed E-state index contributed by atoms with van der Waals surface area (Å²) >= 11 is 0. The molecule has 25 heavy (non-hydrogen) atoms. The summed E-state index contributed by atoms with van der Waals surface area (Å²) in [6.45, 7) is 2.46. The van der Waals surface area contributed by atoms with Crippen LogP contribution in [0.3, 0.4) is 0 Å². The Morgan fingerprint density at radius 3 is 2.56 bits per heavy atom. The Morgan fingerprint density at radius 2 is 1.80 bits per heavy atom. The van der Waals surface area contributed by atoms with Gasteiger partial charge < -0.3 is 9.47 Å². The molecule has 128 valence electrons. The van der Waals surface area contributed by atoms with Gasteiger partial charge in [0, 0.05) is 6.20 Å². The zero-order valence-corrected chi connectivity index (χ0v) is 14.1. The van der Waals surface area contributed by atoms with Crippen molar-refractivity contribution in [3.8, 4) is 11.4 Å². The lowest BCUT2D eigenvalue weighted by Crippen LogP contribution is -2.10. The summed E-state index contributed by atoms with van der Waals surface area (Å²) in [4.78, 5) is 11.8. The van der Waals surface area contributed by atoms with Gasteiger partial charge in [-0.25, -0.2) is 4.68 Å². The first-order valence-corrected chi connectivity index (χ1v) is 8.16. The van der Waals surface area contributed by atoms with Gasteiger partial charge in [0.25, 0.3) is 0 Å². The van der Waals surface area contributed by atoms with Crippen LogP contribution >= 0.6 is 0 Å². The molecule has 0 N–H and O–H groups in total. The Morgan fingerprint density at radius 1 is 1.04 bits per heavy atom. The number of rotatable bonds is 7. The molecule has 0 amide bonds. The van der Waals surface area contributed by atoms with E-state index in [0.717, 1.165) is 11.4 Å². The van der Waals surface area contributed by atoms with Gasteiger partial charge in [-0.1, -0.05) is 35.9 Å². The molecule has 0 bridgehead atoms. The highest BCUT2D eigenvalue weighted by atomic mass is 16.5. The molecule has 0 aliphatic rings. The molecule has 0 unspecified atom stereocenters. The lowest BCUT2D eigenvalue weighted by Gasteiger charge is -2.06. The Hall–Kier alpha value is -3.08. The molecule has 0 radical (unpaired) electrons. The van der Waals surface area contributed by atoms with Gasteiger partial charge in [0.05, 0.1) is 18.7 Å². The highest BCUT2D eigenvalue weighted by Crippen LogP contribution is 2.12. The van der Waals surface area contributed by atoms with Crippen molar-refractivity contribution in [2.24, 2.45) is 0 Å². The first-order valence-electron chi connectivity index (χ1n) is 8.16. The lowest BCUT2D eigenvalue weighted by atomic mass is 10.2. The fourth-order valence-electron chi connectivity index (χ4n) is 2.28. The van der Waals surface area contributed by atoms with Crippen LogP contribution in [0, 0.1) is 6.92 Å². The normalized spacial score (nSPS) is 10.4. The highest BCUT2D eigenvalue weighted by Gasteiger charge is 2.07. The smallest absolute Gasteiger partial charge is 0.309 e. The second-order valence-electron chi connectivity index (χ2n) is 5.66. The summed E-state index contributed by atoms with van der Waals surface area (Å²) in [6, 6.07) is 19.3. The third kappa shape index (κ3) is 4.94. The van der Waals surface area contributed by atoms with E-state index in [-0.39, 0.29) is 19.0 Å². The summed E-state index contributed by atoms with van der Waals surface area (Å²) in [7, 11) is 0. The maximum absolute atomic E-state index is 11.8. The van der Waals surface area contributed by atoms with Gasteiger partial charge in [0.2, 0.25) is 0 Å². The highest BCUT2D eigenvalue weighted by molar-refractivity contribution is 5.69. The number of carbonyl (C=O) groups is 1. The Labute approximate surface area is 146 Å². The van der Waals surface area contributed by atoms with Crippen LogP contribution in [0.1, 0.15) is 17.7 Å². The second-order valence-corrected chi connectivity index (χ2v) is 5.66. The van der Waals surface area contributed by atoms with Crippen molar-refractivity contribution in [1.29, 1.82) is 0 Å². The predicted molar refractivity (Wildman–Crippen MR) is 94.7 cm³/mol. The van der Waals surface area contributed by atoms with Crippen molar-refractivity contribution in [2.75, 3.05) is 6.61 Å². The number of ether oxygens (including phenoxy) is 2. The van der Waals surface area contributed by atoms with Crippen molar-refractivity contribution >= 4 is 5.97 Å². The van der Waals surface area contributed by atoms with Gasteiger partial charge in [-0.3, -0.25) is 4.79 Å². The third-order valence-electron chi connectivity index (χ3n) is 3.64. The number of aryl methyl sites for hydroxylation is 1. The molecule has 0 aliphatic heterocycles. The Bertz CT molecular complexity index is 810. The van der Waals surface area contributed by atoms with Crippen LogP contribution in [0.5, 0.6) is 5.75 Å². The Balaban J connectivity index is 1.42. The van der Waals surface area contributed by atoms with Gasteiger partial charge >= 0.3 is 5.97 Å². The molecule has 0 aliphatic carbocycles. The van der Waals surface area contributed by atoms with E-state index in [2.05, 4.69) is 5.10 Å². The van der Waals surface area contributed by atoms with E-state index < -0.39 is 0 Å². The van der Waals surface area contributed by atoms with Crippen molar-refractivity contribution in [1.82, 2.24) is 9.78 Å². The SMILES string of the molecule is Cc1ccc(OCCC(=O)OCc2ccn(-c3ccccc3)n2)cc1. The average Bonchev–Trinajstić information content (AvgIpc) is 3.11. The van der Waals surface area contributed by atoms with E-state index in [0.29, 0.717) is 12.3 Å². The average molecular weight is 336 g/mol. The van der Waals surface area contributed by atoms with E-state index >= 15 is 0 Å². The van der Waals surface area contributed by atoms with Gasteiger partial charge in [0.1, 0.15) is 18.1 Å². The molecule has 0 spiro atoms. The summed E-state index contributed by atoms with van der Waals surface area (Å²) in [5, 5.41) is 4.40. The van der Waals surface area contributed by atoms with Crippen LogP contribution in [-0.4, -0.2) is 22.4 Å². The van der Waals surface area contributed by atoms with E-state index in [4.69, 9.17) is 9.47 Å². The van der Waals surface area contributed by atoms with Crippen molar-refractivity contribution < 1.29 is 14.3 Å².